The molecular weight excluding hydrogens is 326 g/mol. The first-order valence-corrected chi connectivity index (χ1v) is 8.62. The molecule has 138 valence electrons. The largest absolute Gasteiger partial charge is 0.395 e. The molecule has 3 rings (SSSR count). The molecule has 3 heterocycles. The van der Waals surface area contributed by atoms with Gasteiger partial charge in [0.05, 0.1) is 6.61 Å². The quantitative estimate of drug-likeness (QED) is 0.681. The molecule has 2 aliphatic rings. The molecule has 1 N–H and O–H groups in total. The van der Waals surface area contributed by atoms with Gasteiger partial charge in [-0.25, -0.2) is 0 Å². The highest BCUT2D eigenvalue weighted by Crippen LogP contribution is 2.32. The molecule has 0 saturated carbocycles. The molecule has 1 aromatic heterocycles. The van der Waals surface area contributed by atoms with Crippen LogP contribution in [0.4, 0.5) is 0 Å². The van der Waals surface area contributed by atoms with Crippen LogP contribution in [0.25, 0.3) is 0 Å². The van der Waals surface area contributed by atoms with Gasteiger partial charge >= 0.3 is 0 Å². The molecule has 0 aliphatic carbocycles. The van der Waals surface area contributed by atoms with E-state index in [1.54, 1.807) is 4.90 Å². The fourth-order valence-electron chi connectivity index (χ4n) is 3.75. The van der Waals surface area contributed by atoms with Crippen LogP contribution in [0, 0.1) is 0 Å². The van der Waals surface area contributed by atoms with Gasteiger partial charge < -0.3 is 14.9 Å². The molecule has 2 fully saturated rings. The zero-order chi connectivity index (χ0) is 17.9. The summed E-state index contributed by atoms with van der Waals surface area (Å²) in [4.78, 5) is 32.0. The highest BCUT2D eigenvalue weighted by molar-refractivity contribution is 5.77. The fourth-order valence-corrected chi connectivity index (χ4v) is 3.75. The molecular formula is C15H25N7O3. The van der Waals surface area contributed by atoms with Gasteiger partial charge in [-0.2, -0.15) is 4.80 Å². The van der Waals surface area contributed by atoms with Crippen LogP contribution in [-0.4, -0.2) is 104 Å². The lowest BCUT2D eigenvalue weighted by Gasteiger charge is -2.49. The molecule has 2 saturated heterocycles. The highest BCUT2D eigenvalue weighted by atomic mass is 16.3. The number of hydrogen-bond donors (Lipinski definition) is 1. The lowest BCUT2D eigenvalue weighted by Crippen LogP contribution is -2.62. The number of carbonyl (C=O) groups is 2. The third kappa shape index (κ3) is 3.79. The number of rotatable bonds is 4. The molecule has 1 unspecified atom stereocenters. The molecule has 10 heteroatoms. The summed E-state index contributed by atoms with van der Waals surface area (Å²) in [6.07, 6.45) is 3.26. The molecule has 0 radical (unpaired) electrons. The summed E-state index contributed by atoms with van der Waals surface area (Å²) >= 11 is 0. The van der Waals surface area contributed by atoms with Crippen molar-refractivity contribution in [3.05, 3.63) is 6.33 Å². The van der Waals surface area contributed by atoms with Gasteiger partial charge in [-0.05, 0) is 25.1 Å². The second-order valence-corrected chi connectivity index (χ2v) is 6.78. The first-order valence-electron chi connectivity index (χ1n) is 8.62. The van der Waals surface area contributed by atoms with E-state index in [2.05, 4.69) is 27.4 Å². The maximum absolute atomic E-state index is 12.6. The third-order valence-electron chi connectivity index (χ3n) is 5.40. The van der Waals surface area contributed by atoms with Crippen molar-refractivity contribution >= 4 is 11.8 Å². The molecule has 10 nitrogen and oxygen atoms in total. The Morgan fingerprint density at radius 2 is 2.16 bits per heavy atom. The van der Waals surface area contributed by atoms with Gasteiger partial charge in [0.1, 0.15) is 6.54 Å². The minimum Gasteiger partial charge on any atom is -0.395 e. The summed E-state index contributed by atoms with van der Waals surface area (Å²) in [5.41, 5.74) is -0.205. The van der Waals surface area contributed by atoms with Crippen molar-refractivity contribution in [2.24, 2.45) is 0 Å². The zero-order valence-electron chi connectivity index (χ0n) is 14.5. The molecule has 25 heavy (non-hydrogen) atoms. The van der Waals surface area contributed by atoms with E-state index in [1.165, 1.54) is 11.1 Å². The maximum Gasteiger partial charge on any atom is 0.246 e. The van der Waals surface area contributed by atoms with Crippen LogP contribution in [-0.2, 0) is 16.1 Å². The summed E-state index contributed by atoms with van der Waals surface area (Å²) < 4.78 is 0. The summed E-state index contributed by atoms with van der Waals surface area (Å²) in [5.74, 6) is 0.0443. The Morgan fingerprint density at radius 1 is 1.32 bits per heavy atom. The number of aliphatic hydroxyl groups excluding tert-OH is 1. The Bertz CT molecular complexity index is 608. The van der Waals surface area contributed by atoms with Crippen molar-refractivity contribution in [1.82, 2.24) is 34.9 Å². The molecule has 1 atom stereocenters. The van der Waals surface area contributed by atoms with E-state index in [4.69, 9.17) is 5.11 Å². The summed E-state index contributed by atoms with van der Waals surface area (Å²) in [6.45, 7) is 3.05. The van der Waals surface area contributed by atoms with Crippen LogP contribution >= 0.6 is 0 Å². The van der Waals surface area contributed by atoms with E-state index in [9.17, 15) is 9.59 Å². The number of nitrogens with zero attached hydrogens (tertiary/aromatic N) is 7. The maximum atomic E-state index is 12.6. The number of carbonyl (C=O) groups excluding carboxylic acids is 2. The monoisotopic (exact) mass is 351 g/mol. The molecule has 2 amide bonds. The van der Waals surface area contributed by atoms with Gasteiger partial charge in [-0.3, -0.25) is 14.5 Å². The van der Waals surface area contributed by atoms with E-state index >= 15 is 0 Å². The van der Waals surface area contributed by atoms with E-state index in [-0.39, 0.29) is 30.5 Å². The summed E-state index contributed by atoms with van der Waals surface area (Å²) in [5, 5.41) is 20.4. The average molecular weight is 351 g/mol. The Labute approximate surface area is 146 Å². The molecule has 2 aliphatic heterocycles. The zero-order valence-corrected chi connectivity index (χ0v) is 14.5. The summed E-state index contributed by atoms with van der Waals surface area (Å²) in [6, 6.07) is 0. The molecule has 1 aromatic rings. The third-order valence-corrected chi connectivity index (χ3v) is 5.40. The van der Waals surface area contributed by atoms with E-state index in [1.807, 2.05) is 4.90 Å². The van der Waals surface area contributed by atoms with Gasteiger partial charge in [-0.15, -0.1) is 10.2 Å². The van der Waals surface area contributed by atoms with Crippen molar-refractivity contribution < 1.29 is 14.7 Å². The number of aromatic nitrogens is 4. The molecule has 0 aromatic carbocycles. The predicted octanol–water partition coefficient (Wildman–Crippen LogP) is -1.81. The Morgan fingerprint density at radius 3 is 2.88 bits per heavy atom. The number of amides is 2. The van der Waals surface area contributed by atoms with Crippen LogP contribution in [0.1, 0.15) is 19.3 Å². The van der Waals surface area contributed by atoms with Crippen molar-refractivity contribution in [2.45, 2.75) is 31.3 Å². The number of β-amino-alcohol motifs (C(OH)–C–C–N with tert-alkyl or cyclic N) is 1. The van der Waals surface area contributed by atoms with Crippen molar-refractivity contribution in [3.63, 3.8) is 0 Å². The van der Waals surface area contributed by atoms with E-state index < -0.39 is 0 Å². The van der Waals surface area contributed by atoms with Crippen LogP contribution in [0.15, 0.2) is 6.33 Å². The molecule has 1 spiro atoms. The highest BCUT2D eigenvalue weighted by Gasteiger charge is 2.43. The van der Waals surface area contributed by atoms with Crippen molar-refractivity contribution in [2.75, 3.05) is 46.4 Å². The standard InChI is InChI=1S/C15H25N7O3/c1-19-6-7-21(14(25)10-22-17-12-16-18-22)11-15(19)3-2-13(24)20(5-4-15)8-9-23/h12,23H,2-11H2,1H3. The van der Waals surface area contributed by atoms with E-state index in [0.717, 1.165) is 19.4 Å². The van der Waals surface area contributed by atoms with Gasteiger partial charge in [0.2, 0.25) is 11.8 Å². The van der Waals surface area contributed by atoms with Crippen LogP contribution in [0.5, 0.6) is 0 Å². The fraction of sp³-hybridized carbons (Fsp3) is 0.800. The minimum absolute atomic E-state index is 0.0237. The Hall–Kier alpha value is -2.07. The van der Waals surface area contributed by atoms with Crippen LogP contribution < -0.4 is 0 Å². The van der Waals surface area contributed by atoms with Gasteiger partial charge in [0, 0.05) is 44.7 Å². The van der Waals surface area contributed by atoms with Gasteiger partial charge in [0.25, 0.3) is 0 Å². The number of likely N-dealkylation sites (N-methyl/N-ethyl adjacent to an activating group) is 1. The van der Waals surface area contributed by atoms with Crippen LogP contribution in [0.2, 0.25) is 0 Å². The number of tetrazole rings is 1. The van der Waals surface area contributed by atoms with Crippen LogP contribution in [0.3, 0.4) is 0 Å². The summed E-state index contributed by atoms with van der Waals surface area (Å²) in [7, 11) is 2.06. The van der Waals surface area contributed by atoms with Gasteiger partial charge in [-0.1, -0.05) is 0 Å². The Balaban J connectivity index is 1.69. The normalized spacial score (nSPS) is 25.4. The minimum atomic E-state index is -0.205. The topological polar surface area (TPSA) is 108 Å². The number of likely N-dealkylation sites (tertiary alicyclic amines) is 1. The Kier molecular flexibility index (Phi) is 5.28. The average Bonchev–Trinajstić information content (AvgIpc) is 3.06. The number of hydrogen-bond acceptors (Lipinski definition) is 7. The lowest BCUT2D eigenvalue weighted by molar-refractivity contribution is -0.138. The van der Waals surface area contributed by atoms with Gasteiger partial charge in [0.15, 0.2) is 6.33 Å². The molecule has 0 bridgehead atoms. The SMILES string of the molecule is CN1CCN(C(=O)Cn2ncnn2)CC12CCC(=O)N(CCO)CC2. The second kappa shape index (κ2) is 7.44. The number of aliphatic hydroxyl groups is 1. The lowest BCUT2D eigenvalue weighted by atomic mass is 9.86. The smallest absolute Gasteiger partial charge is 0.246 e. The number of piperazine rings is 1. The van der Waals surface area contributed by atoms with Crippen molar-refractivity contribution in [3.8, 4) is 0 Å². The predicted molar refractivity (Wildman–Crippen MR) is 87.3 cm³/mol. The first-order chi connectivity index (χ1) is 12.0. The first kappa shape index (κ1) is 17.7. The van der Waals surface area contributed by atoms with Crippen molar-refractivity contribution in [1.29, 1.82) is 0 Å². The second-order valence-electron chi connectivity index (χ2n) is 6.78. The van der Waals surface area contributed by atoms with E-state index in [0.29, 0.717) is 32.6 Å².